The number of rotatable bonds is 8. The minimum absolute atomic E-state index is 0.0427. The highest BCUT2D eigenvalue weighted by Crippen LogP contribution is 2.50. The number of nitriles is 1. The molecule has 0 unspecified atom stereocenters. The van der Waals surface area contributed by atoms with Crippen LogP contribution < -0.4 is 14.9 Å². The fraction of sp³-hybridized carbons (Fsp3) is 0.583. The molecule has 0 spiro atoms. The molecule has 0 radical (unpaired) electrons. The van der Waals surface area contributed by atoms with Crippen LogP contribution in [0.5, 0.6) is 0 Å². The van der Waals surface area contributed by atoms with Crippen LogP contribution in [0.1, 0.15) is 56.8 Å². The Labute approximate surface area is 228 Å². The lowest BCUT2D eigenvalue weighted by Gasteiger charge is -2.38. The molecule has 1 aliphatic heterocycles. The van der Waals surface area contributed by atoms with Crippen molar-refractivity contribution in [2.45, 2.75) is 74.1 Å². The molecular formula is C24H28F2N8O3S2. The van der Waals surface area contributed by atoms with Crippen molar-refractivity contribution in [3.8, 4) is 16.8 Å². The summed E-state index contributed by atoms with van der Waals surface area (Å²) in [6.07, 6.45) is -0.506. The van der Waals surface area contributed by atoms with E-state index < -0.39 is 32.6 Å². The predicted octanol–water partition coefficient (Wildman–Crippen LogP) is 2.95. The Balaban J connectivity index is 1.61. The minimum Gasteiger partial charge on any atom is -0.370 e. The summed E-state index contributed by atoms with van der Waals surface area (Å²) in [5.41, 5.74) is -1.15. The molecule has 39 heavy (non-hydrogen) atoms. The molecule has 3 aromatic rings. The second-order valence-electron chi connectivity index (χ2n) is 10.7. The zero-order chi connectivity index (χ0) is 27.7. The number of nitrogens with zero attached hydrogens (tertiary/aromatic N) is 6. The average molecular weight is 579 g/mol. The monoisotopic (exact) mass is 578 g/mol. The fourth-order valence-electron chi connectivity index (χ4n) is 5.26. The van der Waals surface area contributed by atoms with Crippen LogP contribution in [-0.4, -0.2) is 65.8 Å². The van der Waals surface area contributed by atoms with Gasteiger partial charge in [-0.1, -0.05) is 11.3 Å². The number of pyridine rings is 1. The van der Waals surface area contributed by atoms with E-state index in [9.17, 15) is 22.5 Å². The molecule has 6 rings (SSSR count). The molecule has 2 saturated carbocycles. The quantitative estimate of drug-likeness (QED) is 0.413. The zero-order valence-electron chi connectivity index (χ0n) is 21.6. The molecule has 0 aromatic carbocycles. The number of imidazole rings is 1. The Hall–Kier alpha value is -2.77. The van der Waals surface area contributed by atoms with Gasteiger partial charge in [-0.25, -0.2) is 22.2 Å². The van der Waals surface area contributed by atoms with E-state index in [1.54, 1.807) is 13.2 Å². The van der Waals surface area contributed by atoms with Gasteiger partial charge in [0.15, 0.2) is 10.0 Å². The molecule has 2 N–H and O–H groups in total. The SMILES string of the molecule is COC1(c2nc(-c3nnc(C(F)F)s3)c3cc(S(=O)(=O)NC4(C#N)CC4)cc(N4C[C@H](C)N[C@@H](C)C4)n23)CC1. The fourth-order valence-corrected chi connectivity index (χ4v) is 7.37. The lowest BCUT2D eigenvalue weighted by atomic mass is 10.1. The summed E-state index contributed by atoms with van der Waals surface area (Å²) in [5, 5.41) is 20.3. The van der Waals surface area contributed by atoms with E-state index in [1.807, 2.05) is 4.40 Å². The number of alkyl halides is 2. The summed E-state index contributed by atoms with van der Waals surface area (Å²) in [7, 11) is -2.51. The Kier molecular flexibility index (Phi) is 6.19. The first-order valence-corrected chi connectivity index (χ1v) is 15.0. The summed E-state index contributed by atoms with van der Waals surface area (Å²) in [5.74, 6) is 1.15. The number of hydrogen-bond donors (Lipinski definition) is 2. The van der Waals surface area contributed by atoms with E-state index in [0.717, 1.165) is 11.3 Å². The zero-order valence-corrected chi connectivity index (χ0v) is 23.2. The Morgan fingerprint density at radius 3 is 2.44 bits per heavy atom. The Morgan fingerprint density at radius 2 is 1.90 bits per heavy atom. The predicted molar refractivity (Wildman–Crippen MR) is 139 cm³/mol. The van der Waals surface area contributed by atoms with Gasteiger partial charge in [0.05, 0.1) is 16.5 Å². The van der Waals surface area contributed by atoms with Crippen LogP contribution in [-0.2, 0) is 20.4 Å². The van der Waals surface area contributed by atoms with Crippen molar-refractivity contribution in [3.05, 3.63) is 23.0 Å². The van der Waals surface area contributed by atoms with Gasteiger partial charge in [0.25, 0.3) is 6.43 Å². The van der Waals surface area contributed by atoms with Crippen LogP contribution in [0.25, 0.3) is 16.2 Å². The van der Waals surface area contributed by atoms with Crippen LogP contribution in [0, 0.1) is 11.3 Å². The standard InChI is InChI=1S/C24H28F2N8O3S2/c1-13-10-33(11-14(2)28-13)17-9-15(39(35,36)32-23(12-27)4-5-23)8-16-18(20-30-31-21(38-20)19(25)26)29-22(34(16)17)24(37-3)6-7-24/h8-9,13-14,19,28,32H,4-7,10-11H2,1-3H3/t13-,14-/m0/s1. The maximum Gasteiger partial charge on any atom is 0.291 e. The normalized spacial score (nSPS) is 23.8. The lowest BCUT2D eigenvalue weighted by molar-refractivity contribution is 0.0708. The molecule has 0 amide bonds. The number of halogens is 2. The summed E-state index contributed by atoms with van der Waals surface area (Å²) in [4.78, 5) is 6.90. The van der Waals surface area contributed by atoms with E-state index >= 15 is 0 Å². The van der Waals surface area contributed by atoms with Crippen LogP contribution >= 0.6 is 11.3 Å². The van der Waals surface area contributed by atoms with Gasteiger partial charge >= 0.3 is 0 Å². The topological polar surface area (TPSA) is 138 Å². The highest BCUT2D eigenvalue weighted by Gasteiger charge is 2.50. The summed E-state index contributed by atoms with van der Waals surface area (Å²) >= 11 is 0.719. The highest BCUT2D eigenvalue weighted by molar-refractivity contribution is 7.89. The second-order valence-corrected chi connectivity index (χ2v) is 13.4. The smallest absolute Gasteiger partial charge is 0.291 e. The third-order valence-corrected chi connectivity index (χ3v) is 9.96. The molecule has 15 heteroatoms. The number of anilines is 1. The van der Waals surface area contributed by atoms with Crippen LogP contribution in [0.3, 0.4) is 0 Å². The molecule has 3 aliphatic rings. The Bertz CT molecular complexity index is 1580. The van der Waals surface area contributed by atoms with E-state index in [-0.39, 0.29) is 27.7 Å². The third kappa shape index (κ3) is 4.57. The van der Waals surface area contributed by atoms with Gasteiger partial charge in [0, 0.05) is 32.3 Å². The average Bonchev–Trinajstić information content (AvgIpc) is 3.75. The molecule has 0 bridgehead atoms. The Morgan fingerprint density at radius 1 is 1.21 bits per heavy atom. The molecule has 2 atom stereocenters. The molecule has 3 fully saturated rings. The molecule has 3 aromatic heterocycles. The van der Waals surface area contributed by atoms with E-state index in [2.05, 4.69) is 45.1 Å². The number of aromatic nitrogens is 4. The maximum absolute atomic E-state index is 13.6. The van der Waals surface area contributed by atoms with Gasteiger partial charge in [-0.05, 0) is 51.7 Å². The summed E-state index contributed by atoms with van der Waals surface area (Å²) in [6, 6.07) is 5.37. The van der Waals surface area contributed by atoms with Gasteiger partial charge in [-0.2, -0.15) is 9.98 Å². The van der Waals surface area contributed by atoms with Crippen molar-refractivity contribution < 1.29 is 21.9 Å². The second kappa shape index (κ2) is 9.13. The van der Waals surface area contributed by atoms with E-state index in [4.69, 9.17) is 9.72 Å². The first-order valence-electron chi connectivity index (χ1n) is 12.7. The first kappa shape index (κ1) is 26.5. The first-order chi connectivity index (χ1) is 18.5. The van der Waals surface area contributed by atoms with Crippen molar-refractivity contribution in [1.82, 2.24) is 29.6 Å². The minimum atomic E-state index is -4.11. The highest BCUT2D eigenvalue weighted by atomic mass is 32.2. The largest absolute Gasteiger partial charge is 0.370 e. The number of ether oxygens (including phenoxy) is 1. The van der Waals surface area contributed by atoms with E-state index in [1.165, 1.54) is 6.07 Å². The van der Waals surface area contributed by atoms with Gasteiger partial charge in [0.1, 0.15) is 28.5 Å². The van der Waals surface area contributed by atoms with Crippen LogP contribution in [0.15, 0.2) is 17.0 Å². The van der Waals surface area contributed by atoms with Gasteiger partial charge in [-0.3, -0.25) is 4.40 Å². The van der Waals surface area contributed by atoms with Crippen LogP contribution in [0.2, 0.25) is 0 Å². The summed E-state index contributed by atoms with van der Waals surface area (Å²) < 4.78 is 64.3. The number of sulfonamides is 1. The number of methoxy groups -OCH3 is 1. The van der Waals surface area contributed by atoms with Gasteiger partial charge in [-0.15, -0.1) is 10.2 Å². The molecule has 208 valence electrons. The van der Waals surface area contributed by atoms with Crippen LogP contribution in [0.4, 0.5) is 14.6 Å². The lowest BCUT2D eigenvalue weighted by Crippen LogP contribution is -2.54. The molecule has 11 nitrogen and oxygen atoms in total. The molecule has 4 heterocycles. The number of nitrogens with one attached hydrogen (secondary N) is 2. The summed E-state index contributed by atoms with van der Waals surface area (Å²) in [6.45, 7) is 5.30. The molecule has 1 saturated heterocycles. The maximum atomic E-state index is 13.6. The van der Waals surface area contributed by atoms with Crippen molar-refractivity contribution in [2.75, 3.05) is 25.1 Å². The van der Waals surface area contributed by atoms with Crippen molar-refractivity contribution in [3.63, 3.8) is 0 Å². The van der Waals surface area contributed by atoms with Gasteiger partial charge < -0.3 is 15.0 Å². The van der Waals surface area contributed by atoms with Crippen molar-refractivity contribution in [1.29, 1.82) is 5.26 Å². The number of piperazine rings is 1. The third-order valence-electron chi connectivity index (χ3n) is 7.51. The number of fused-ring (bicyclic) bond motifs is 1. The van der Waals surface area contributed by atoms with Crippen molar-refractivity contribution in [2.24, 2.45) is 0 Å². The molecule has 2 aliphatic carbocycles. The van der Waals surface area contributed by atoms with Gasteiger partial charge in [0.2, 0.25) is 10.0 Å². The molecular weight excluding hydrogens is 550 g/mol. The van der Waals surface area contributed by atoms with Crippen molar-refractivity contribution >= 4 is 32.7 Å². The van der Waals surface area contributed by atoms with E-state index in [0.29, 0.717) is 55.9 Å². The number of hydrogen-bond acceptors (Lipinski definition) is 10.